The summed E-state index contributed by atoms with van der Waals surface area (Å²) in [4.78, 5) is 1.93. The molecule has 0 aliphatic carbocycles. The number of rotatable bonds is 4. The molecule has 0 bridgehead atoms. The first-order valence-corrected chi connectivity index (χ1v) is 6.51. The highest BCUT2D eigenvalue weighted by molar-refractivity contribution is 5.27. The largest absolute Gasteiger partial charge is 0.416 e. The van der Waals surface area contributed by atoms with Gasteiger partial charge in [0.05, 0.1) is 18.3 Å². The number of likely N-dealkylation sites (N-methyl/N-ethyl adjacent to an activating group) is 1. The molecule has 0 radical (unpaired) electrons. The summed E-state index contributed by atoms with van der Waals surface area (Å²) >= 11 is 0. The van der Waals surface area contributed by atoms with Crippen LogP contribution in [0.1, 0.15) is 23.7 Å². The molecule has 1 aliphatic rings. The van der Waals surface area contributed by atoms with E-state index in [0.717, 1.165) is 18.6 Å². The number of nitrogens with zero attached hydrogens (tertiary/aromatic N) is 1. The third kappa shape index (κ3) is 3.71. The van der Waals surface area contributed by atoms with Crippen LogP contribution in [0.15, 0.2) is 24.3 Å². The van der Waals surface area contributed by atoms with Gasteiger partial charge in [-0.3, -0.25) is 4.90 Å². The smallest absolute Gasteiger partial charge is 0.387 e. The summed E-state index contributed by atoms with van der Waals surface area (Å²) in [7, 11) is 1.84. The van der Waals surface area contributed by atoms with E-state index in [2.05, 4.69) is 0 Å². The van der Waals surface area contributed by atoms with E-state index < -0.39 is 17.8 Å². The molecule has 20 heavy (non-hydrogen) atoms. The third-order valence-corrected chi connectivity index (χ3v) is 3.59. The molecule has 2 unspecified atom stereocenters. The maximum Gasteiger partial charge on any atom is 0.416 e. The summed E-state index contributed by atoms with van der Waals surface area (Å²) in [6.07, 6.45) is -4.45. The molecule has 1 aliphatic heterocycles. The Labute approximate surface area is 116 Å². The minimum atomic E-state index is -4.39. The van der Waals surface area contributed by atoms with E-state index in [9.17, 15) is 18.3 Å². The van der Waals surface area contributed by atoms with Crippen molar-refractivity contribution in [2.45, 2.75) is 24.7 Å². The molecule has 0 saturated carbocycles. The SMILES string of the molecule is CN(CC(O)c1cccc(C(F)(F)F)c1)C1CCOC1. The molecule has 6 heteroatoms. The molecule has 0 amide bonds. The lowest BCUT2D eigenvalue weighted by Gasteiger charge is -2.25. The standard InChI is InChI=1S/C14H18F3NO2/c1-18(12-5-6-20-9-12)8-13(19)10-3-2-4-11(7-10)14(15,16)17/h2-4,7,12-13,19H,5-6,8-9H2,1H3. The number of benzene rings is 1. The number of aliphatic hydroxyl groups excluding tert-OH is 1. The van der Waals surface area contributed by atoms with Crippen molar-refractivity contribution in [3.05, 3.63) is 35.4 Å². The normalized spacial score (nSPS) is 21.4. The Morgan fingerprint density at radius 1 is 1.45 bits per heavy atom. The Bertz CT molecular complexity index is 444. The zero-order valence-corrected chi connectivity index (χ0v) is 11.2. The molecular weight excluding hydrogens is 271 g/mol. The lowest BCUT2D eigenvalue weighted by Crippen LogP contribution is -2.35. The Kier molecular flexibility index (Phi) is 4.67. The fraction of sp³-hybridized carbons (Fsp3) is 0.571. The van der Waals surface area contributed by atoms with Crippen LogP contribution < -0.4 is 0 Å². The Morgan fingerprint density at radius 3 is 2.80 bits per heavy atom. The van der Waals surface area contributed by atoms with Crippen LogP contribution in [0.3, 0.4) is 0 Å². The molecule has 2 rings (SSSR count). The zero-order valence-electron chi connectivity index (χ0n) is 11.2. The summed E-state index contributed by atoms with van der Waals surface area (Å²) in [5.41, 5.74) is -0.452. The summed E-state index contributed by atoms with van der Waals surface area (Å²) in [5.74, 6) is 0. The van der Waals surface area contributed by atoms with Gasteiger partial charge >= 0.3 is 6.18 Å². The van der Waals surface area contributed by atoms with Gasteiger partial charge in [-0.05, 0) is 31.2 Å². The molecule has 0 aromatic heterocycles. The van der Waals surface area contributed by atoms with Crippen LogP contribution in [0.25, 0.3) is 0 Å². The maximum atomic E-state index is 12.6. The highest BCUT2D eigenvalue weighted by Crippen LogP contribution is 2.31. The monoisotopic (exact) mass is 289 g/mol. The fourth-order valence-corrected chi connectivity index (χ4v) is 2.32. The Morgan fingerprint density at radius 2 is 2.20 bits per heavy atom. The van der Waals surface area contributed by atoms with Crippen molar-refractivity contribution in [1.29, 1.82) is 0 Å². The van der Waals surface area contributed by atoms with Gasteiger partial charge in [0, 0.05) is 19.2 Å². The van der Waals surface area contributed by atoms with E-state index in [1.807, 2.05) is 11.9 Å². The summed E-state index contributed by atoms with van der Waals surface area (Å²) < 4.78 is 43.1. The second kappa shape index (κ2) is 6.11. The van der Waals surface area contributed by atoms with Crippen molar-refractivity contribution >= 4 is 0 Å². The third-order valence-electron chi connectivity index (χ3n) is 3.59. The number of halogens is 3. The van der Waals surface area contributed by atoms with Gasteiger partial charge in [-0.2, -0.15) is 13.2 Å². The lowest BCUT2D eigenvalue weighted by molar-refractivity contribution is -0.137. The minimum absolute atomic E-state index is 0.218. The van der Waals surface area contributed by atoms with Crippen LogP contribution in [-0.2, 0) is 10.9 Å². The topological polar surface area (TPSA) is 32.7 Å². The number of hydrogen-bond acceptors (Lipinski definition) is 3. The van der Waals surface area contributed by atoms with Gasteiger partial charge in [-0.25, -0.2) is 0 Å². The summed E-state index contributed by atoms with van der Waals surface area (Å²) in [6.45, 7) is 1.58. The van der Waals surface area contributed by atoms with Gasteiger partial charge in [-0.15, -0.1) is 0 Å². The van der Waals surface area contributed by atoms with Crippen molar-refractivity contribution in [3.8, 4) is 0 Å². The molecule has 1 N–H and O–H groups in total. The molecule has 1 saturated heterocycles. The highest BCUT2D eigenvalue weighted by atomic mass is 19.4. The molecule has 1 heterocycles. The van der Waals surface area contributed by atoms with Gasteiger partial charge in [-0.1, -0.05) is 12.1 Å². The zero-order chi connectivity index (χ0) is 14.8. The van der Waals surface area contributed by atoms with Crippen LogP contribution in [0, 0.1) is 0 Å². The summed E-state index contributed by atoms with van der Waals surface area (Å²) in [6, 6.07) is 5.06. The van der Waals surface area contributed by atoms with Crippen molar-refractivity contribution in [2.24, 2.45) is 0 Å². The predicted octanol–water partition coefficient (Wildman–Crippen LogP) is 2.46. The van der Waals surface area contributed by atoms with Gasteiger partial charge in [0.25, 0.3) is 0 Å². The van der Waals surface area contributed by atoms with Gasteiger partial charge in [0.2, 0.25) is 0 Å². The van der Waals surface area contributed by atoms with E-state index in [4.69, 9.17) is 4.74 Å². The molecular formula is C14H18F3NO2. The molecule has 112 valence electrons. The first kappa shape index (κ1) is 15.3. The number of aliphatic hydroxyl groups is 1. The van der Waals surface area contributed by atoms with Gasteiger partial charge in [0.15, 0.2) is 0 Å². The number of ether oxygens (including phenoxy) is 1. The second-order valence-electron chi connectivity index (χ2n) is 5.10. The lowest BCUT2D eigenvalue weighted by atomic mass is 10.0. The van der Waals surface area contributed by atoms with Gasteiger partial charge < -0.3 is 9.84 Å². The molecule has 1 fully saturated rings. The first-order valence-electron chi connectivity index (χ1n) is 6.51. The van der Waals surface area contributed by atoms with Crippen molar-refractivity contribution < 1.29 is 23.0 Å². The molecule has 3 nitrogen and oxygen atoms in total. The molecule has 1 aromatic rings. The maximum absolute atomic E-state index is 12.6. The van der Waals surface area contributed by atoms with Crippen LogP contribution >= 0.6 is 0 Å². The van der Waals surface area contributed by atoms with Crippen molar-refractivity contribution in [3.63, 3.8) is 0 Å². The average Bonchev–Trinajstić information content (AvgIpc) is 2.91. The quantitative estimate of drug-likeness (QED) is 0.924. The van der Waals surface area contributed by atoms with Crippen LogP contribution in [0.2, 0.25) is 0 Å². The minimum Gasteiger partial charge on any atom is -0.387 e. The number of alkyl halides is 3. The van der Waals surface area contributed by atoms with Crippen molar-refractivity contribution in [2.75, 3.05) is 26.8 Å². The van der Waals surface area contributed by atoms with Crippen LogP contribution in [0.4, 0.5) is 13.2 Å². The Balaban J connectivity index is 2.03. The number of hydrogen-bond donors (Lipinski definition) is 1. The van der Waals surface area contributed by atoms with E-state index in [1.54, 1.807) is 0 Å². The van der Waals surface area contributed by atoms with E-state index in [-0.39, 0.29) is 18.2 Å². The Hall–Kier alpha value is -1.11. The van der Waals surface area contributed by atoms with Crippen LogP contribution in [-0.4, -0.2) is 42.9 Å². The average molecular weight is 289 g/mol. The second-order valence-corrected chi connectivity index (χ2v) is 5.10. The fourth-order valence-electron chi connectivity index (χ4n) is 2.32. The van der Waals surface area contributed by atoms with E-state index in [0.29, 0.717) is 13.2 Å². The molecule has 2 atom stereocenters. The van der Waals surface area contributed by atoms with Crippen LogP contribution in [0.5, 0.6) is 0 Å². The van der Waals surface area contributed by atoms with E-state index in [1.165, 1.54) is 12.1 Å². The highest BCUT2D eigenvalue weighted by Gasteiger charge is 2.31. The first-order chi connectivity index (χ1) is 9.38. The van der Waals surface area contributed by atoms with E-state index >= 15 is 0 Å². The summed E-state index contributed by atoms with van der Waals surface area (Å²) in [5, 5.41) is 10.1. The van der Waals surface area contributed by atoms with Crippen molar-refractivity contribution in [1.82, 2.24) is 4.90 Å². The van der Waals surface area contributed by atoms with Gasteiger partial charge in [0.1, 0.15) is 0 Å². The molecule has 1 aromatic carbocycles. The predicted molar refractivity (Wildman–Crippen MR) is 68.3 cm³/mol. The molecule has 0 spiro atoms.